The molecule has 0 bridgehead atoms. The Bertz CT molecular complexity index is 1290. The number of fused-ring (bicyclic) bond motifs is 1. The van der Waals surface area contributed by atoms with Crippen LogP contribution in [0.2, 0.25) is 0 Å². The molecule has 2 N–H and O–H groups in total. The van der Waals surface area contributed by atoms with Crippen LogP contribution < -0.4 is 10.6 Å². The van der Waals surface area contributed by atoms with Crippen molar-refractivity contribution in [3.63, 3.8) is 0 Å². The molecule has 8 nitrogen and oxygen atoms in total. The van der Waals surface area contributed by atoms with Crippen LogP contribution in [0.4, 0.5) is 9.93 Å². The SMILES string of the molecule is COC(=O)C1CCC(NC(=O)Nc2nc3ccc(-c4cccc(S(C)(=O)=O)c4)cc3s2)C1. The minimum absolute atomic E-state index is 0.0813. The zero-order valence-corrected chi connectivity index (χ0v) is 19.3. The number of benzene rings is 2. The topological polar surface area (TPSA) is 114 Å². The Balaban J connectivity index is 1.46. The molecule has 0 spiro atoms. The van der Waals surface area contributed by atoms with E-state index < -0.39 is 9.84 Å². The second-order valence-electron chi connectivity index (χ2n) is 7.83. The Morgan fingerprint density at radius 1 is 1.12 bits per heavy atom. The first-order valence-electron chi connectivity index (χ1n) is 10.1. The summed E-state index contributed by atoms with van der Waals surface area (Å²) >= 11 is 1.34. The van der Waals surface area contributed by atoms with Crippen molar-refractivity contribution in [3.05, 3.63) is 42.5 Å². The van der Waals surface area contributed by atoms with Crippen molar-refractivity contribution >= 4 is 48.5 Å². The van der Waals surface area contributed by atoms with Crippen LogP contribution in [0.15, 0.2) is 47.4 Å². The molecule has 0 aliphatic heterocycles. The van der Waals surface area contributed by atoms with Crippen molar-refractivity contribution in [1.29, 1.82) is 0 Å². The third-order valence-corrected chi connectivity index (χ3v) is 7.55. The highest BCUT2D eigenvalue weighted by atomic mass is 32.2. The van der Waals surface area contributed by atoms with Crippen LogP contribution in [0.5, 0.6) is 0 Å². The zero-order valence-electron chi connectivity index (χ0n) is 17.6. The van der Waals surface area contributed by atoms with Gasteiger partial charge in [-0.1, -0.05) is 29.5 Å². The van der Waals surface area contributed by atoms with E-state index in [4.69, 9.17) is 4.74 Å². The van der Waals surface area contributed by atoms with Crippen LogP contribution in [0.1, 0.15) is 19.3 Å². The molecule has 1 aliphatic rings. The van der Waals surface area contributed by atoms with Crippen LogP contribution in [-0.2, 0) is 19.4 Å². The van der Waals surface area contributed by atoms with E-state index in [1.54, 1.807) is 18.2 Å². The summed E-state index contributed by atoms with van der Waals surface area (Å²) in [5.74, 6) is -0.411. The fraction of sp³-hybridized carbons (Fsp3) is 0.318. The number of carbonyl (C=O) groups is 2. The van der Waals surface area contributed by atoms with Crippen molar-refractivity contribution in [2.45, 2.75) is 30.2 Å². The van der Waals surface area contributed by atoms with E-state index in [9.17, 15) is 18.0 Å². The molecule has 0 saturated heterocycles. The first-order valence-corrected chi connectivity index (χ1v) is 12.8. The lowest BCUT2D eigenvalue weighted by molar-refractivity contribution is -0.145. The molecule has 0 radical (unpaired) electrons. The van der Waals surface area contributed by atoms with Gasteiger partial charge >= 0.3 is 12.0 Å². The van der Waals surface area contributed by atoms with Gasteiger partial charge < -0.3 is 10.1 Å². The van der Waals surface area contributed by atoms with Crippen LogP contribution in [-0.4, -0.2) is 44.8 Å². The average Bonchev–Trinajstić information content (AvgIpc) is 3.38. The molecule has 3 aromatic rings. The number of nitrogens with one attached hydrogen (secondary N) is 2. The molecule has 1 aliphatic carbocycles. The molecule has 10 heteroatoms. The first kappa shape index (κ1) is 22.2. The highest BCUT2D eigenvalue weighted by Gasteiger charge is 2.31. The van der Waals surface area contributed by atoms with Gasteiger partial charge in [-0.15, -0.1) is 0 Å². The van der Waals surface area contributed by atoms with E-state index in [2.05, 4.69) is 15.6 Å². The van der Waals surface area contributed by atoms with Crippen LogP contribution in [0, 0.1) is 5.92 Å². The number of amides is 2. The van der Waals surface area contributed by atoms with Gasteiger partial charge in [0.1, 0.15) is 0 Å². The summed E-state index contributed by atoms with van der Waals surface area (Å²) in [6.07, 6.45) is 3.17. The van der Waals surface area contributed by atoms with Crippen molar-refractivity contribution < 1.29 is 22.7 Å². The number of anilines is 1. The minimum Gasteiger partial charge on any atom is -0.469 e. The Morgan fingerprint density at radius 3 is 2.66 bits per heavy atom. The molecule has 2 aromatic carbocycles. The number of esters is 1. The summed E-state index contributed by atoms with van der Waals surface area (Å²) in [7, 11) is -1.92. The maximum Gasteiger partial charge on any atom is 0.321 e. The zero-order chi connectivity index (χ0) is 22.9. The smallest absolute Gasteiger partial charge is 0.321 e. The maximum absolute atomic E-state index is 12.4. The summed E-state index contributed by atoms with van der Waals surface area (Å²) in [4.78, 5) is 28.7. The van der Waals surface area contributed by atoms with E-state index in [0.29, 0.717) is 18.0 Å². The van der Waals surface area contributed by atoms with Crippen molar-refractivity contribution in [2.75, 3.05) is 18.7 Å². The largest absolute Gasteiger partial charge is 0.469 e. The molecule has 4 rings (SSSR count). The number of sulfone groups is 1. The number of thiazole rings is 1. The second kappa shape index (κ2) is 8.87. The summed E-state index contributed by atoms with van der Waals surface area (Å²) in [5.41, 5.74) is 2.39. The lowest BCUT2D eigenvalue weighted by atomic mass is 10.1. The number of hydrogen-bond donors (Lipinski definition) is 2. The number of nitrogens with zero attached hydrogens (tertiary/aromatic N) is 1. The van der Waals surface area contributed by atoms with Crippen molar-refractivity contribution in [1.82, 2.24) is 10.3 Å². The number of urea groups is 1. The third kappa shape index (κ3) is 4.91. The van der Waals surface area contributed by atoms with E-state index in [-0.39, 0.29) is 28.9 Å². The van der Waals surface area contributed by atoms with Gasteiger partial charge in [0.15, 0.2) is 15.0 Å². The average molecular weight is 474 g/mol. The Kier molecular flexibility index (Phi) is 6.16. The summed E-state index contributed by atoms with van der Waals surface area (Å²) in [5, 5.41) is 6.12. The van der Waals surface area contributed by atoms with Gasteiger partial charge in [0.2, 0.25) is 0 Å². The molecular weight excluding hydrogens is 450 g/mol. The number of methoxy groups -OCH3 is 1. The molecule has 2 atom stereocenters. The lowest BCUT2D eigenvalue weighted by Crippen LogP contribution is -2.36. The van der Waals surface area contributed by atoms with E-state index >= 15 is 0 Å². The van der Waals surface area contributed by atoms with Crippen molar-refractivity contribution in [2.24, 2.45) is 5.92 Å². The van der Waals surface area contributed by atoms with Gasteiger partial charge in [-0.25, -0.2) is 18.2 Å². The quantitative estimate of drug-likeness (QED) is 0.545. The Labute approximate surface area is 189 Å². The van der Waals surface area contributed by atoms with Gasteiger partial charge in [0.25, 0.3) is 0 Å². The van der Waals surface area contributed by atoms with Gasteiger partial charge in [-0.05, 0) is 54.7 Å². The van der Waals surface area contributed by atoms with E-state index in [1.807, 2.05) is 24.3 Å². The normalized spacial score (nSPS) is 18.4. The van der Waals surface area contributed by atoms with Gasteiger partial charge in [0, 0.05) is 12.3 Å². The van der Waals surface area contributed by atoms with E-state index in [1.165, 1.54) is 24.7 Å². The molecule has 32 heavy (non-hydrogen) atoms. The highest BCUT2D eigenvalue weighted by Crippen LogP contribution is 2.32. The number of aromatic nitrogens is 1. The third-order valence-electron chi connectivity index (χ3n) is 5.51. The summed E-state index contributed by atoms with van der Waals surface area (Å²) in [6, 6.07) is 12.0. The van der Waals surface area contributed by atoms with Crippen LogP contribution in [0.3, 0.4) is 0 Å². The fourth-order valence-electron chi connectivity index (χ4n) is 3.88. The molecule has 1 saturated carbocycles. The summed E-state index contributed by atoms with van der Waals surface area (Å²) in [6.45, 7) is 0. The number of carbonyl (C=O) groups excluding carboxylic acids is 2. The predicted molar refractivity (Wildman–Crippen MR) is 123 cm³/mol. The number of hydrogen-bond acceptors (Lipinski definition) is 7. The fourth-order valence-corrected chi connectivity index (χ4v) is 5.44. The molecule has 2 amide bonds. The molecule has 1 fully saturated rings. The Morgan fingerprint density at radius 2 is 1.91 bits per heavy atom. The summed E-state index contributed by atoms with van der Waals surface area (Å²) < 4.78 is 29.3. The van der Waals surface area contributed by atoms with Gasteiger partial charge in [-0.3, -0.25) is 10.1 Å². The van der Waals surface area contributed by atoms with Gasteiger partial charge in [-0.2, -0.15) is 0 Å². The minimum atomic E-state index is -3.30. The molecule has 168 valence electrons. The standard InChI is InChI=1S/C22H23N3O5S2/c1-30-20(26)15-6-8-16(10-15)23-21(27)25-22-24-18-9-7-14(12-19(18)31-22)13-4-3-5-17(11-13)32(2,28)29/h3-5,7,9,11-12,15-16H,6,8,10H2,1-2H3,(H2,23,24,25,27). The lowest BCUT2D eigenvalue weighted by Gasteiger charge is -2.12. The Hall–Kier alpha value is -2.98. The predicted octanol–water partition coefficient (Wildman–Crippen LogP) is 3.83. The first-order chi connectivity index (χ1) is 15.2. The number of rotatable bonds is 5. The maximum atomic E-state index is 12.4. The van der Waals surface area contributed by atoms with Crippen LogP contribution >= 0.6 is 11.3 Å². The molecule has 1 aromatic heterocycles. The second-order valence-corrected chi connectivity index (χ2v) is 10.9. The van der Waals surface area contributed by atoms with E-state index in [0.717, 1.165) is 27.8 Å². The highest BCUT2D eigenvalue weighted by molar-refractivity contribution is 7.90. The monoisotopic (exact) mass is 473 g/mol. The molecule has 1 heterocycles. The van der Waals surface area contributed by atoms with Gasteiger partial charge in [0.05, 0.1) is 28.1 Å². The van der Waals surface area contributed by atoms with Crippen LogP contribution in [0.25, 0.3) is 21.3 Å². The molecule has 2 unspecified atom stereocenters. The van der Waals surface area contributed by atoms with Crippen molar-refractivity contribution in [3.8, 4) is 11.1 Å². The number of ether oxygens (including phenoxy) is 1. The molecular formula is C22H23N3O5S2.